The second-order valence-corrected chi connectivity index (χ2v) is 6.95. The van der Waals surface area contributed by atoms with Gasteiger partial charge in [0.1, 0.15) is 0 Å². The summed E-state index contributed by atoms with van der Waals surface area (Å²) in [7, 11) is 0. The minimum absolute atomic E-state index is 0.294. The fraction of sp³-hybridized carbons (Fsp3) is 0.667. The van der Waals surface area contributed by atoms with E-state index in [0.717, 1.165) is 25.9 Å². The van der Waals surface area contributed by atoms with Crippen LogP contribution in [0.4, 0.5) is 0 Å². The topological polar surface area (TPSA) is 40.5 Å². The molecule has 0 radical (unpaired) electrons. The zero-order chi connectivity index (χ0) is 13.8. The highest BCUT2D eigenvalue weighted by Crippen LogP contribution is 2.27. The van der Waals surface area contributed by atoms with Crippen LogP contribution in [0.5, 0.6) is 0 Å². The van der Waals surface area contributed by atoms with Crippen LogP contribution in [0.15, 0.2) is 6.07 Å². The molecule has 2 heterocycles. The number of likely N-dealkylation sites (tertiary alicyclic amines) is 1. The van der Waals surface area contributed by atoms with Gasteiger partial charge in [0.25, 0.3) is 0 Å². The SMILES string of the molecule is Cc1cc(CN2CCCCC2CCC(=O)O)c(C)s1. The molecule has 1 fully saturated rings. The summed E-state index contributed by atoms with van der Waals surface area (Å²) in [6, 6.07) is 2.73. The van der Waals surface area contributed by atoms with Crippen LogP contribution in [0.2, 0.25) is 0 Å². The molecular weight excluding hydrogens is 258 g/mol. The highest BCUT2D eigenvalue weighted by molar-refractivity contribution is 7.12. The van der Waals surface area contributed by atoms with Crippen molar-refractivity contribution < 1.29 is 9.90 Å². The molecule has 0 spiro atoms. The van der Waals surface area contributed by atoms with Gasteiger partial charge in [-0.2, -0.15) is 0 Å². The molecule has 1 atom stereocenters. The van der Waals surface area contributed by atoms with Crippen LogP contribution in [0, 0.1) is 13.8 Å². The molecule has 4 heteroatoms. The van der Waals surface area contributed by atoms with Crippen LogP contribution in [0.3, 0.4) is 0 Å². The number of nitrogens with zero attached hydrogens (tertiary/aromatic N) is 1. The highest BCUT2D eigenvalue weighted by atomic mass is 32.1. The smallest absolute Gasteiger partial charge is 0.303 e. The Kier molecular flexibility index (Phi) is 4.99. The van der Waals surface area contributed by atoms with E-state index in [1.165, 1.54) is 28.2 Å². The lowest BCUT2D eigenvalue weighted by molar-refractivity contribution is -0.137. The van der Waals surface area contributed by atoms with Gasteiger partial charge in [-0.05, 0) is 51.3 Å². The zero-order valence-corrected chi connectivity index (χ0v) is 12.6. The van der Waals surface area contributed by atoms with Crippen LogP contribution in [-0.2, 0) is 11.3 Å². The van der Waals surface area contributed by atoms with E-state index in [0.29, 0.717) is 12.5 Å². The van der Waals surface area contributed by atoms with Crippen molar-refractivity contribution in [2.75, 3.05) is 6.54 Å². The van der Waals surface area contributed by atoms with E-state index in [2.05, 4.69) is 24.8 Å². The summed E-state index contributed by atoms with van der Waals surface area (Å²) in [5.74, 6) is -0.673. The summed E-state index contributed by atoms with van der Waals surface area (Å²) in [6.45, 7) is 6.43. The molecule has 19 heavy (non-hydrogen) atoms. The maximum atomic E-state index is 10.7. The molecule has 0 amide bonds. The van der Waals surface area contributed by atoms with Gasteiger partial charge in [0.15, 0.2) is 0 Å². The van der Waals surface area contributed by atoms with Crippen molar-refractivity contribution in [3.63, 3.8) is 0 Å². The molecule has 106 valence electrons. The number of piperidine rings is 1. The number of aryl methyl sites for hydroxylation is 2. The van der Waals surface area contributed by atoms with Crippen molar-refractivity contribution in [1.29, 1.82) is 0 Å². The number of aliphatic carboxylic acids is 1. The predicted octanol–water partition coefficient (Wildman–Crippen LogP) is 3.58. The first-order valence-corrected chi connectivity index (χ1v) is 7.89. The van der Waals surface area contributed by atoms with Crippen molar-refractivity contribution in [2.24, 2.45) is 0 Å². The summed E-state index contributed by atoms with van der Waals surface area (Å²) in [5.41, 5.74) is 1.42. The molecule has 2 rings (SSSR count). The lowest BCUT2D eigenvalue weighted by Gasteiger charge is -2.35. The molecule has 1 unspecified atom stereocenters. The summed E-state index contributed by atoms with van der Waals surface area (Å²) in [4.78, 5) is 16.0. The van der Waals surface area contributed by atoms with E-state index >= 15 is 0 Å². The average molecular weight is 281 g/mol. The third-order valence-electron chi connectivity index (χ3n) is 3.96. The Bertz CT molecular complexity index is 441. The van der Waals surface area contributed by atoms with Gasteiger partial charge >= 0.3 is 5.97 Å². The van der Waals surface area contributed by atoms with Gasteiger partial charge in [-0.25, -0.2) is 0 Å². The van der Waals surface area contributed by atoms with E-state index in [1.54, 1.807) is 0 Å². The quantitative estimate of drug-likeness (QED) is 0.896. The Morgan fingerprint density at radius 3 is 2.89 bits per heavy atom. The van der Waals surface area contributed by atoms with E-state index in [-0.39, 0.29) is 0 Å². The molecule has 1 aliphatic rings. The third-order valence-corrected chi connectivity index (χ3v) is 4.97. The van der Waals surface area contributed by atoms with E-state index in [4.69, 9.17) is 5.11 Å². The Hall–Kier alpha value is -0.870. The number of carbonyl (C=O) groups is 1. The van der Waals surface area contributed by atoms with Crippen LogP contribution < -0.4 is 0 Å². The zero-order valence-electron chi connectivity index (χ0n) is 11.8. The maximum Gasteiger partial charge on any atom is 0.303 e. The van der Waals surface area contributed by atoms with Crippen molar-refractivity contribution in [3.05, 3.63) is 21.4 Å². The third kappa shape index (κ3) is 4.05. The number of carboxylic acids is 1. The lowest BCUT2D eigenvalue weighted by atomic mass is 9.97. The Morgan fingerprint density at radius 1 is 1.47 bits per heavy atom. The summed E-state index contributed by atoms with van der Waals surface area (Å²) in [5, 5.41) is 8.85. The van der Waals surface area contributed by atoms with Gasteiger partial charge < -0.3 is 5.11 Å². The van der Waals surface area contributed by atoms with Crippen LogP contribution in [-0.4, -0.2) is 28.6 Å². The Balaban J connectivity index is 1.99. The molecule has 1 aliphatic heterocycles. The number of rotatable bonds is 5. The molecule has 0 aromatic carbocycles. The summed E-state index contributed by atoms with van der Waals surface area (Å²) < 4.78 is 0. The van der Waals surface area contributed by atoms with Gasteiger partial charge in [0, 0.05) is 28.8 Å². The first kappa shape index (κ1) is 14.5. The minimum atomic E-state index is -0.673. The van der Waals surface area contributed by atoms with Crippen molar-refractivity contribution in [2.45, 2.75) is 58.5 Å². The van der Waals surface area contributed by atoms with E-state index < -0.39 is 5.97 Å². The fourth-order valence-electron chi connectivity index (χ4n) is 2.94. The fourth-order valence-corrected chi connectivity index (χ4v) is 3.88. The highest BCUT2D eigenvalue weighted by Gasteiger charge is 2.23. The summed E-state index contributed by atoms with van der Waals surface area (Å²) >= 11 is 1.86. The van der Waals surface area contributed by atoms with Crippen molar-refractivity contribution in [1.82, 2.24) is 4.90 Å². The predicted molar refractivity (Wildman–Crippen MR) is 78.7 cm³/mol. The van der Waals surface area contributed by atoms with Gasteiger partial charge in [-0.1, -0.05) is 6.42 Å². The summed E-state index contributed by atoms with van der Waals surface area (Å²) in [6.07, 6.45) is 4.71. The molecular formula is C15H23NO2S. The van der Waals surface area contributed by atoms with Crippen molar-refractivity contribution >= 4 is 17.3 Å². The molecule has 1 saturated heterocycles. The molecule has 3 nitrogen and oxygen atoms in total. The van der Waals surface area contributed by atoms with Crippen LogP contribution >= 0.6 is 11.3 Å². The van der Waals surface area contributed by atoms with Gasteiger partial charge in [0.2, 0.25) is 0 Å². The molecule has 1 aromatic rings. The molecule has 0 aliphatic carbocycles. The maximum absolute atomic E-state index is 10.7. The Morgan fingerprint density at radius 2 is 2.26 bits per heavy atom. The molecule has 1 N–H and O–H groups in total. The van der Waals surface area contributed by atoms with E-state index in [1.807, 2.05) is 11.3 Å². The number of carboxylic acid groups (broad SMARTS) is 1. The lowest BCUT2D eigenvalue weighted by Crippen LogP contribution is -2.39. The largest absolute Gasteiger partial charge is 0.481 e. The molecule has 0 saturated carbocycles. The van der Waals surface area contributed by atoms with Crippen molar-refractivity contribution in [3.8, 4) is 0 Å². The standard InChI is InChI=1S/C15H23NO2S/c1-11-9-13(12(2)19-11)10-16-8-4-3-5-14(16)6-7-15(17)18/h9,14H,3-8,10H2,1-2H3,(H,17,18). The Labute approximate surface area is 119 Å². The van der Waals surface area contributed by atoms with Crippen LogP contribution in [0.1, 0.15) is 47.4 Å². The van der Waals surface area contributed by atoms with Gasteiger partial charge in [-0.15, -0.1) is 11.3 Å². The second-order valence-electron chi connectivity index (χ2n) is 5.49. The molecule has 0 bridgehead atoms. The van der Waals surface area contributed by atoms with Gasteiger partial charge in [-0.3, -0.25) is 9.69 Å². The average Bonchev–Trinajstić information content (AvgIpc) is 2.67. The second kappa shape index (κ2) is 6.53. The normalized spacial score (nSPS) is 20.6. The number of hydrogen-bond donors (Lipinski definition) is 1. The minimum Gasteiger partial charge on any atom is -0.481 e. The first-order valence-electron chi connectivity index (χ1n) is 7.08. The number of thiophene rings is 1. The van der Waals surface area contributed by atoms with Gasteiger partial charge in [0.05, 0.1) is 0 Å². The number of hydrogen-bond acceptors (Lipinski definition) is 3. The van der Waals surface area contributed by atoms with E-state index in [9.17, 15) is 4.79 Å². The first-order chi connectivity index (χ1) is 9.06. The van der Waals surface area contributed by atoms with Crippen LogP contribution in [0.25, 0.3) is 0 Å². The monoisotopic (exact) mass is 281 g/mol. The molecule has 1 aromatic heterocycles.